The first kappa shape index (κ1) is 19.9. The number of aryl methyl sites for hydroxylation is 1. The first-order valence-corrected chi connectivity index (χ1v) is 10.9. The Hall–Kier alpha value is -2.35. The summed E-state index contributed by atoms with van der Waals surface area (Å²) >= 11 is 1.76. The standard InChI is InChI=1S/C21H25FN4O2S/c1-24-11-8-23-21(24)29-14-15-6-9-25(10-7-15)20(28)16-12-19(27)26(13-16)18-4-2-17(22)3-5-18/h2-5,8,11,15-16H,6-7,9-10,12-14H2,1H3/t16-/m1/s1. The third-order valence-electron chi connectivity index (χ3n) is 5.76. The van der Waals surface area contributed by atoms with Crippen molar-refractivity contribution in [3.05, 3.63) is 42.5 Å². The topological polar surface area (TPSA) is 58.4 Å². The number of imidazole rings is 1. The smallest absolute Gasteiger partial charge is 0.228 e. The number of benzene rings is 1. The average molecular weight is 417 g/mol. The second-order valence-electron chi connectivity index (χ2n) is 7.78. The van der Waals surface area contributed by atoms with Crippen molar-refractivity contribution in [2.75, 3.05) is 30.3 Å². The van der Waals surface area contributed by atoms with E-state index in [1.807, 2.05) is 28.9 Å². The number of halogens is 1. The normalized spacial score (nSPS) is 20.5. The lowest BCUT2D eigenvalue weighted by molar-refractivity contribution is -0.137. The molecule has 6 nitrogen and oxygen atoms in total. The molecule has 4 rings (SSSR count). The van der Waals surface area contributed by atoms with E-state index in [1.165, 1.54) is 12.1 Å². The first-order chi connectivity index (χ1) is 14.0. The Morgan fingerprint density at radius 1 is 1.24 bits per heavy atom. The number of carbonyl (C=O) groups excluding carboxylic acids is 2. The molecule has 2 aromatic rings. The average Bonchev–Trinajstić information content (AvgIpc) is 3.32. The molecule has 29 heavy (non-hydrogen) atoms. The monoisotopic (exact) mass is 416 g/mol. The van der Waals surface area contributed by atoms with Crippen molar-refractivity contribution in [1.82, 2.24) is 14.5 Å². The van der Waals surface area contributed by atoms with Crippen LogP contribution in [0.4, 0.5) is 10.1 Å². The molecule has 1 aromatic carbocycles. The molecule has 2 saturated heterocycles. The van der Waals surface area contributed by atoms with E-state index in [2.05, 4.69) is 4.98 Å². The fourth-order valence-electron chi connectivity index (χ4n) is 4.01. The molecular weight excluding hydrogens is 391 g/mol. The minimum absolute atomic E-state index is 0.0677. The van der Waals surface area contributed by atoms with Gasteiger partial charge in [-0.3, -0.25) is 9.59 Å². The van der Waals surface area contributed by atoms with Gasteiger partial charge in [0.25, 0.3) is 0 Å². The number of aromatic nitrogens is 2. The first-order valence-electron chi connectivity index (χ1n) is 9.96. The number of hydrogen-bond acceptors (Lipinski definition) is 4. The van der Waals surface area contributed by atoms with Gasteiger partial charge in [-0.15, -0.1) is 0 Å². The number of amides is 2. The lowest BCUT2D eigenvalue weighted by atomic mass is 9.97. The number of likely N-dealkylation sites (tertiary alicyclic amines) is 1. The van der Waals surface area contributed by atoms with E-state index in [0.29, 0.717) is 18.2 Å². The van der Waals surface area contributed by atoms with E-state index >= 15 is 0 Å². The number of anilines is 1. The van der Waals surface area contributed by atoms with Crippen molar-refractivity contribution in [2.24, 2.45) is 18.9 Å². The molecule has 0 spiro atoms. The summed E-state index contributed by atoms with van der Waals surface area (Å²) in [5, 5.41) is 1.02. The molecule has 2 aliphatic rings. The lowest BCUT2D eigenvalue weighted by Gasteiger charge is -2.33. The molecule has 0 radical (unpaired) electrons. The zero-order valence-corrected chi connectivity index (χ0v) is 17.3. The number of hydrogen-bond donors (Lipinski definition) is 0. The highest BCUT2D eigenvalue weighted by Gasteiger charge is 2.38. The summed E-state index contributed by atoms with van der Waals surface area (Å²) in [7, 11) is 1.99. The highest BCUT2D eigenvalue weighted by atomic mass is 32.2. The zero-order chi connectivity index (χ0) is 20.4. The largest absolute Gasteiger partial charge is 0.342 e. The molecule has 8 heteroatoms. The molecule has 0 N–H and O–H groups in total. The van der Waals surface area contributed by atoms with Crippen molar-refractivity contribution in [1.29, 1.82) is 0 Å². The van der Waals surface area contributed by atoms with Gasteiger partial charge in [0.2, 0.25) is 11.8 Å². The van der Waals surface area contributed by atoms with Gasteiger partial charge in [0, 0.05) is 56.9 Å². The Bertz CT molecular complexity index is 877. The molecule has 2 amide bonds. The third kappa shape index (κ3) is 4.47. The molecule has 154 valence electrons. The van der Waals surface area contributed by atoms with Gasteiger partial charge in [0.1, 0.15) is 5.82 Å². The minimum atomic E-state index is -0.336. The summed E-state index contributed by atoms with van der Waals surface area (Å²) < 4.78 is 15.2. The quantitative estimate of drug-likeness (QED) is 0.704. The Morgan fingerprint density at radius 3 is 2.62 bits per heavy atom. The molecule has 2 fully saturated rings. The van der Waals surface area contributed by atoms with Crippen LogP contribution in [0.3, 0.4) is 0 Å². The summed E-state index contributed by atoms with van der Waals surface area (Å²) in [6.07, 6.45) is 5.94. The molecule has 2 aliphatic heterocycles. The Balaban J connectivity index is 1.28. The van der Waals surface area contributed by atoms with Crippen LogP contribution in [0.15, 0.2) is 41.8 Å². The highest BCUT2D eigenvalue weighted by molar-refractivity contribution is 7.99. The molecule has 0 unspecified atom stereocenters. The minimum Gasteiger partial charge on any atom is -0.342 e. The van der Waals surface area contributed by atoms with Crippen LogP contribution in [-0.2, 0) is 16.6 Å². The SMILES string of the molecule is Cn1ccnc1SCC1CCN(C(=O)[C@@H]2CC(=O)N(c3ccc(F)cc3)C2)CC1. The van der Waals surface area contributed by atoms with Crippen LogP contribution in [0.25, 0.3) is 0 Å². The Kier molecular flexibility index (Phi) is 5.89. The lowest BCUT2D eigenvalue weighted by Crippen LogP contribution is -2.42. The van der Waals surface area contributed by atoms with E-state index in [-0.39, 0.29) is 30.0 Å². The van der Waals surface area contributed by atoms with Crippen molar-refractivity contribution in [2.45, 2.75) is 24.4 Å². The summed E-state index contributed by atoms with van der Waals surface area (Å²) in [5.41, 5.74) is 0.650. The van der Waals surface area contributed by atoms with Gasteiger partial charge in [-0.2, -0.15) is 0 Å². The summed E-state index contributed by atoms with van der Waals surface area (Å²) in [6.45, 7) is 1.86. The van der Waals surface area contributed by atoms with Crippen LogP contribution in [0.5, 0.6) is 0 Å². The number of nitrogens with zero attached hydrogens (tertiary/aromatic N) is 4. The molecule has 3 heterocycles. The van der Waals surface area contributed by atoms with E-state index in [1.54, 1.807) is 28.8 Å². The number of rotatable bonds is 5. The Morgan fingerprint density at radius 2 is 1.97 bits per heavy atom. The van der Waals surface area contributed by atoms with Crippen molar-refractivity contribution in [3.63, 3.8) is 0 Å². The molecule has 0 aliphatic carbocycles. The van der Waals surface area contributed by atoms with Crippen molar-refractivity contribution >= 4 is 29.3 Å². The van der Waals surface area contributed by atoms with Crippen LogP contribution >= 0.6 is 11.8 Å². The molecule has 1 atom stereocenters. The number of thioether (sulfide) groups is 1. The van der Waals surface area contributed by atoms with E-state index in [0.717, 1.165) is 36.8 Å². The maximum atomic E-state index is 13.1. The summed E-state index contributed by atoms with van der Waals surface area (Å²) in [4.78, 5) is 33.2. The predicted octanol–water partition coefficient (Wildman–Crippen LogP) is 2.94. The van der Waals surface area contributed by atoms with Crippen LogP contribution < -0.4 is 4.90 Å². The zero-order valence-electron chi connectivity index (χ0n) is 16.5. The van der Waals surface area contributed by atoms with Crippen LogP contribution in [0.1, 0.15) is 19.3 Å². The maximum absolute atomic E-state index is 13.1. The van der Waals surface area contributed by atoms with Crippen LogP contribution in [0.2, 0.25) is 0 Å². The summed E-state index contributed by atoms with van der Waals surface area (Å²) in [5.74, 6) is 0.923. The molecule has 0 bridgehead atoms. The van der Waals surface area contributed by atoms with E-state index in [4.69, 9.17) is 0 Å². The van der Waals surface area contributed by atoms with Crippen LogP contribution in [0, 0.1) is 17.7 Å². The van der Waals surface area contributed by atoms with Gasteiger partial charge in [0.15, 0.2) is 5.16 Å². The van der Waals surface area contributed by atoms with E-state index in [9.17, 15) is 14.0 Å². The second kappa shape index (κ2) is 8.57. The maximum Gasteiger partial charge on any atom is 0.228 e. The second-order valence-corrected chi connectivity index (χ2v) is 8.77. The Labute approximate surface area is 174 Å². The third-order valence-corrected chi connectivity index (χ3v) is 7.05. The number of piperidine rings is 1. The van der Waals surface area contributed by atoms with Crippen molar-refractivity contribution in [3.8, 4) is 0 Å². The fourth-order valence-corrected chi connectivity index (χ4v) is 5.12. The highest BCUT2D eigenvalue weighted by Crippen LogP contribution is 2.29. The van der Waals surface area contributed by atoms with Gasteiger partial charge < -0.3 is 14.4 Å². The van der Waals surface area contributed by atoms with Crippen molar-refractivity contribution < 1.29 is 14.0 Å². The fraction of sp³-hybridized carbons (Fsp3) is 0.476. The molecule has 0 saturated carbocycles. The van der Waals surface area contributed by atoms with Crippen LogP contribution in [-0.4, -0.2) is 51.7 Å². The predicted molar refractivity (Wildman–Crippen MR) is 110 cm³/mol. The summed E-state index contributed by atoms with van der Waals surface area (Å²) in [6, 6.07) is 5.85. The van der Waals surface area contributed by atoms with Gasteiger partial charge in [-0.05, 0) is 43.0 Å². The molecule has 1 aromatic heterocycles. The number of carbonyl (C=O) groups is 2. The van der Waals surface area contributed by atoms with Gasteiger partial charge in [-0.25, -0.2) is 9.37 Å². The van der Waals surface area contributed by atoms with E-state index < -0.39 is 0 Å². The molecular formula is C21H25FN4O2S. The van der Waals surface area contributed by atoms with Gasteiger partial charge in [0.05, 0.1) is 5.92 Å². The van der Waals surface area contributed by atoms with Gasteiger partial charge >= 0.3 is 0 Å². The van der Waals surface area contributed by atoms with Gasteiger partial charge in [-0.1, -0.05) is 11.8 Å².